The van der Waals surface area contributed by atoms with Crippen LogP contribution in [-0.4, -0.2) is 24.4 Å². The quantitative estimate of drug-likeness (QED) is 0.766. The molecule has 0 aromatic heterocycles. The van der Waals surface area contributed by atoms with Gasteiger partial charge in [0.05, 0.1) is 19.3 Å². The lowest BCUT2D eigenvalue weighted by atomic mass is 9.91. The Morgan fingerprint density at radius 3 is 2.65 bits per heavy atom. The molecule has 96 valence electrons. The molecular formula is C14H23NO2. The maximum Gasteiger partial charge on any atom is 0.120 e. The third kappa shape index (κ3) is 3.63. The van der Waals surface area contributed by atoms with Crippen molar-refractivity contribution in [2.75, 3.05) is 19.0 Å². The number of hydrogen-bond acceptors (Lipinski definition) is 3. The molecule has 1 unspecified atom stereocenters. The molecule has 1 atom stereocenters. The van der Waals surface area contributed by atoms with Crippen LogP contribution in [0.5, 0.6) is 5.75 Å². The van der Waals surface area contributed by atoms with Gasteiger partial charge in [0, 0.05) is 11.8 Å². The number of aliphatic hydroxyl groups excluding tert-OH is 1. The predicted octanol–water partition coefficient (Wildman–Crippen LogP) is 3.05. The fraction of sp³-hybridized carbons (Fsp3) is 0.571. The van der Waals surface area contributed by atoms with E-state index in [4.69, 9.17) is 4.74 Å². The number of nitrogens with one attached hydrogen (secondary N) is 1. The Balaban J connectivity index is 2.84. The topological polar surface area (TPSA) is 41.5 Å². The van der Waals surface area contributed by atoms with E-state index in [-0.39, 0.29) is 12.1 Å². The normalized spacial score (nSPS) is 14.1. The number of hydrogen-bond donors (Lipinski definition) is 2. The molecule has 1 aromatic rings. The van der Waals surface area contributed by atoms with Crippen LogP contribution in [0.1, 0.15) is 33.1 Å². The Hall–Kier alpha value is -1.22. The van der Waals surface area contributed by atoms with E-state index in [2.05, 4.69) is 19.2 Å². The molecule has 0 aliphatic rings. The van der Waals surface area contributed by atoms with Crippen molar-refractivity contribution in [1.29, 1.82) is 0 Å². The zero-order valence-corrected chi connectivity index (χ0v) is 11.0. The summed E-state index contributed by atoms with van der Waals surface area (Å²) in [7, 11) is 1.66. The van der Waals surface area contributed by atoms with Crippen LogP contribution in [0.3, 0.4) is 0 Å². The summed E-state index contributed by atoms with van der Waals surface area (Å²) in [5.41, 5.74) is 0.773. The third-order valence-electron chi connectivity index (χ3n) is 3.19. The Morgan fingerprint density at radius 2 is 2.12 bits per heavy atom. The average Bonchev–Trinajstić information content (AvgIpc) is 2.38. The summed E-state index contributed by atoms with van der Waals surface area (Å²) in [5.74, 6) is 0.828. The van der Waals surface area contributed by atoms with Gasteiger partial charge < -0.3 is 15.2 Å². The van der Waals surface area contributed by atoms with Gasteiger partial charge in [0.2, 0.25) is 0 Å². The van der Waals surface area contributed by atoms with E-state index in [0.29, 0.717) is 0 Å². The van der Waals surface area contributed by atoms with E-state index in [1.807, 2.05) is 24.3 Å². The largest absolute Gasteiger partial charge is 0.497 e. The summed E-state index contributed by atoms with van der Waals surface area (Å²) in [6.07, 6.45) is 2.90. The van der Waals surface area contributed by atoms with Gasteiger partial charge >= 0.3 is 0 Å². The zero-order chi connectivity index (χ0) is 12.7. The van der Waals surface area contributed by atoms with Gasteiger partial charge in [-0.05, 0) is 25.0 Å². The van der Waals surface area contributed by atoms with Crippen LogP contribution < -0.4 is 10.1 Å². The average molecular weight is 237 g/mol. The second-order valence-corrected chi connectivity index (χ2v) is 4.40. The smallest absolute Gasteiger partial charge is 0.120 e. The van der Waals surface area contributed by atoms with Gasteiger partial charge in [-0.3, -0.25) is 0 Å². The molecule has 0 aliphatic carbocycles. The molecule has 0 saturated heterocycles. The fourth-order valence-corrected chi connectivity index (χ4v) is 2.04. The zero-order valence-electron chi connectivity index (χ0n) is 11.0. The standard InChI is InChI=1S/C14H23NO2/c1-4-9-14(5-2,11-16)15-12-7-6-8-13(10-12)17-3/h6-8,10,15-16H,4-5,9,11H2,1-3H3. The number of ether oxygens (including phenoxy) is 1. The van der Waals surface area contributed by atoms with Gasteiger partial charge in [-0.15, -0.1) is 0 Å². The van der Waals surface area contributed by atoms with Crippen LogP contribution in [-0.2, 0) is 0 Å². The second kappa shape index (κ2) is 6.50. The van der Waals surface area contributed by atoms with Crippen molar-refractivity contribution in [2.45, 2.75) is 38.6 Å². The lowest BCUT2D eigenvalue weighted by Gasteiger charge is -2.33. The number of benzene rings is 1. The van der Waals surface area contributed by atoms with Crippen molar-refractivity contribution >= 4 is 5.69 Å². The molecule has 2 N–H and O–H groups in total. The highest BCUT2D eigenvalue weighted by molar-refractivity contribution is 5.50. The van der Waals surface area contributed by atoms with E-state index in [1.54, 1.807) is 7.11 Å². The first kappa shape index (κ1) is 13.8. The minimum absolute atomic E-state index is 0.147. The molecule has 0 heterocycles. The number of anilines is 1. The van der Waals surface area contributed by atoms with E-state index in [1.165, 1.54) is 0 Å². The van der Waals surface area contributed by atoms with Crippen LogP contribution in [0, 0.1) is 0 Å². The Labute approximate surface area is 104 Å². The second-order valence-electron chi connectivity index (χ2n) is 4.40. The first-order chi connectivity index (χ1) is 8.19. The molecule has 1 aromatic carbocycles. The van der Waals surface area contributed by atoms with Crippen LogP contribution in [0.15, 0.2) is 24.3 Å². The van der Waals surface area contributed by atoms with Crippen LogP contribution in [0.25, 0.3) is 0 Å². The molecule has 1 rings (SSSR count). The first-order valence-corrected chi connectivity index (χ1v) is 6.22. The number of methoxy groups -OCH3 is 1. The third-order valence-corrected chi connectivity index (χ3v) is 3.19. The van der Waals surface area contributed by atoms with Crippen LogP contribution in [0.4, 0.5) is 5.69 Å². The van der Waals surface area contributed by atoms with E-state index >= 15 is 0 Å². The van der Waals surface area contributed by atoms with Crippen molar-refractivity contribution in [3.8, 4) is 5.75 Å². The maximum atomic E-state index is 9.60. The fourth-order valence-electron chi connectivity index (χ4n) is 2.04. The maximum absolute atomic E-state index is 9.60. The molecule has 0 bridgehead atoms. The molecule has 0 amide bonds. The van der Waals surface area contributed by atoms with E-state index < -0.39 is 0 Å². The number of aliphatic hydroxyl groups is 1. The number of rotatable bonds is 7. The summed E-state index contributed by atoms with van der Waals surface area (Å²) in [5, 5.41) is 13.0. The molecule has 0 saturated carbocycles. The van der Waals surface area contributed by atoms with E-state index in [9.17, 15) is 5.11 Å². The van der Waals surface area contributed by atoms with Crippen molar-refractivity contribution < 1.29 is 9.84 Å². The Kier molecular flexibility index (Phi) is 5.29. The SMILES string of the molecule is CCCC(CC)(CO)Nc1cccc(OC)c1. The summed E-state index contributed by atoms with van der Waals surface area (Å²) in [6.45, 7) is 4.38. The van der Waals surface area contributed by atoms with Crippen LogP contribution in [0.2, 0.25) is 0 Å². The summed E-state index contributed by atoms with van der Waals surface area (Å²) >= 11 is 0. The van der Waals surface area contributed by atoms with Gasteiger partial charge in [-0.25, -0.2) is 0 Å². The van der Waals surface area contributed by atoms with Gasteiger partial charge in [0.15, 0.2) is 0 Å². The predicted molar refractivity (Wildman–Crippen MR) is 71.6 cm³/mol. The molecule has 3 heteroatoms. The van der Waals surface area contributed by atoms with Gasteiger partial charge in [-0.2, -0.15) is 0 Å². The minimum Gasteiger partial charge on any atom is -0.497 e. The monoisotopic (exact) mass is 237 g/mol. The summed E-state index contributed by atoms with van der Waals surface area (Å²) in [4.78, 5) is 0. The van der Waals surface area contributed by atoms with Crippen molar-refractivity contribution in [2.24, 2.45) is 0 Å². The van der Waals surface area contributed by atoms with Crippen molar-refractivity contribution in [3.05, 3.63) is 24.3 Å². The molecule has 0 spiro atoms. The van der Waals surface area contributed by atoms with Gasteiger partial charge in [0.25, 0.3) is 0 Å². The lowest BCUT2D eigenvalue weighted by Crippen LogP contribution is -2.41. The summed E-state index contributed by atoms with van der Waals surface area (Å²) in [6, 6.07) is 7.82. The molecular weight excluding hydrogens is 214 g/mol. The van der Waals surface area contributed by atoms with Crippen LogP contribution >= 0.6 is 0 Å². The Morgan fingerprint density at radius 1 is 1.35 bits per heavy atom. The van der Waals surface area contributed by atoms with Crippen molar-refractivity contribution in [1.82, 2.24) is 0 Å². The Bertz CT molecular complexity index is 335. The first-order valence-electron chi connectivity index (χ1n) is 6.22. The van der Waals surface area contributed by atoms with E-state index in [0.717, 1.165) is 30.7 Å². The molecule has 17 heavy (non-hydrogen) atoms. The molecule has 0 radical (unpaired) electrons. The van der Waals surface area contributed by atoms with Gasteiger partial charge in [-0.1, -0.05) is 26.3 Å². The van der Waals surface area contributed by atoms with Gasteiger partial charge in [0.1, 0.15) is 5.75 Å². The lowest BCUT2D eigenvalue weighted by molar-refractivity contribution is 0.197. The summed E-state index contributed by atoms with van der Waals surface area (Å²) < 4.78 is 5.19. The molecule has 0 aliphatic heterocycles. The molecule has 3 nitrogen and oxygen atoms in total. The highest BCUT2D eigenvalue weighted by Gasteiger charge is 2.25. The highest BCUT2D eigenvalue weighted by Crippen LogP contribution is 2.25. The van der Waals surface area contributed by atoms with Crippen molar-refractivity contribution in [3.63, 3.8) is 0 Å². The minimum atomic E-state index is -0.221. The molecule has 0 fully saturated rings. The highest BCUT2D eigenvalue weighted by atomic mass is 16.5.